The molecule has 2 heterocycles. The molecule has 1 N–H and O–H groups in total. The summed E-state index contributed by atoms with van der Waals surface area (Å²) in [4.78, 5) is 30.0. The summed E-state index contributed by atoms with van der Waals surface area (Å²) in [7, 11) is 0. The first-order valence-corrected chi connectivity index (χ1v) is 10.9. The van der Waals surface area contributed by atoms with Crippen LogP contribution in [0.4, 0.5) is 5.69 Å². The smallest absolute Gasteiger partial charge is 0.256 e. The van der Waals surface area contributed by atoms with Crippen LogP contribution in [0.3, 0.4) is 0 Å². The molecular formula is C23H23BrN4O3. The molecule has 160 valence electrons. The molecule has 0 bridgehead atoms. The molecule has 0 unspecified atom stereocenters. The van der Waals surface area contributed by atoms with Gasteiger partial charge in [0.1, 0.15) is 0 Å². The average molecular weight is 483 g/mol. The van der Waals surface area contributed by atoms with Gasteiger partial charge >= 0.3 is 0 Å². The maximum absolute atomic E-state index is 13.2. The van der Waals surface area contributed by atoms with Crippen LogP contribution in [0.5, 0.6) is 0 Å². The average Bonchev–Trinajstić information content (AvgIpc) is 3.19. The number of piperazine rings is 1. The van der Waals surface area contributed by atoms with Crippen LogP contribution in [0.25, 0.3) is 0 Å². The number of nitrogens with zero attached hydrogens (tertiary/aromatic N) is 3. The molecule has 8 heteroatoms. The van der Waals surface area contributed by atoms with Crippen molar-refractivity contribution >= 4 is 33.4 Å². The lowest BCUT2D eigenvalue weighted by atomic mass is 10.1. The minimum Gasteiger partial charge on any atom is -0.360 e. The minimum atomic E-state index is -0.264. The van der Waals surface area contributed by atoms with Gasteiger partial charge in [-0.25, -0.2) is 0 Å². The van der Waals surface area contributed by atoms with Gasteiger partial charge in [-0.05, 0) is 47.1 Å². The second-order valence-electron chi connectivity index (χ2n) is 7.48. The van der Waals surface area contributed by atoms with Gasteiger partial charge in [0.15, 0.2) is 5.76 Å². The van der Waals surface area contributed by atoms with E-state index in [4.69, 9.17) is 4.52 Å². The molecule has 2 amide bonds. The number of halogens is 1. The van der Waals surface area contributed by atoms with E-state index in [1.54, 1.807) is 24.3 Å². The fraction of sp³-hybridized carbons (Fsp3) is 0.261. The number of anilines is 1. The highest BCUT2D eigenvalue weighted by molar-refractivity contribution is 9.10. The Morgan fingerprint density at radius 3 is 2.39 bits per heavy atom. The van der Waals surface area contributed by atoms with E-state index in [2.05, 4.69) is 31.3 Å². The molecule has 0 radical (unpaired) electrons. The highest BCUT2D eigenvalue weighted by Gasteiger charge is 2.25. The van der Waals surface area contributed by atoms with Crippen molar-refractivity contribution in [3.8, 4) is 0 Å². The van der Waals surface area contributed by atoms with Gasteiger partial charge in [-0.1, -0.05) is 29.4 Å². The monoisotopic (exact) mass is 482 g/mol. The third kappa shape index (κ3) is 5.03. The predicted octanol–water partition coefficient (Wildman–Crippen LogP) is 3.96. The number of aromatic nitrogens is 1. The molecule has 0 aliphatic carbocycles. The normalized spacial score (nSPS) is 14.5. The molecule has 0 saturated carbocycles. The molecule has 1 saturated heterocycles. The van der Waals surface area contributed by atoms with E-state index < -0.39 is 0 Å². The van der Waals surface area contributed by atoms with Crippen molar-refractivity contribution in [1.29, 1.82) is 0 Å². The molecule has 1 aliphatic heterocycles. The SMILES string of the molecule is Cc1cc(CN2CCN(C(=O)c3ccccc3NC(=O)c3ccccc3Br)CC2)on1. The Kier molecular flexibility index (Phi) is 6.48. The molecule has 0 atom stereocenters. The second kappa shape index (κ2) is 9.45. The van der Waals surface area contributed by atoms with Gasteiger partial charge in [-0.2, -0.15) is 0 Å². The Morgan fingerprint density at radius 2 is 1.71 bits per heavy atom. The van der Waals surface area contributed by atoms with E-state index in [9.17, 15) is 9.59 Å². The van der Waals surface area contributed by atoms with Crippen LogP contribution in [0.2, 0.25) is 0 Å². The third-order valence-corrected chi connectivity index (χ3v) is 5.93. The number of carbonyl (C=O) groups excluding carboxylic acids is 2. The van der Waals surface area contributed by atoms with Gasteiger partial charge in [0.2, 0.25) is 0 Å². The summed E-state index contributed by atoms with van der Waals surface area (Å²) in [5, 5.41) is 6.81. The Morgan fingerprint density at radius 1 is 1.03 bits per heavy atom. The fourth-order valence-corrected chi connectivity index (χ4v) is 4.07. The minimum absolute atomic E-state index is 0.0850. The summed E-state index contributed by atoms with van der Waals surface area (Å²) < 4.78 is 6.00. The molecule has 1 aliphatic rings. The van der Waals surface area contributed by atoms with Crippen LogP contribution in [0.15, 0.2) is 63.6 Å². The van der Waals surface area contributed by atoms with Crippen molar-refractivity contribution in [2.45, 2.75) is 13.5 Å². The van der Waals surface area contributed by atoms with E-state index in [0.717, 1.165) is 24.5 Å². The largest absolute Gasteiger partial charge is 0.360 e. The summed E-state index contributed by atoms with van der Waals surface area (Å²) in [5.74, 6) is 0.482. The first kappa shape index (κ1) is 21.3. The van der Waals surface area contributed by atoms with E-state index >= 15 is 0 Å². The van der Waals surface area contributed by atoms with Crippen molar-refractivity contribution in [3.05, 3.63) is 81.7 Å². The summed E-state index contributed by atoms with van der Waals surface area (Å²) in [6.07, 6.45) is 0. The number of para-hydroxylation sites is 1. The molecule has 7 nitrogen and oxygen atoms in total. The molecular weight excluding hydrogens is 460 g/mol. The topological polar surface area (TPSA) is 78.7 Å². The Bertz CT molecular complexity index is 1090. The lowest BCUT2D eigenvalue weighted by Crippen LogP contribution is -2.48. The maximum Gasteiger partial charge on any atom is 0.256 e. The molecule has 1 aromatic heterocycles. The number of nitrogens with one attached hydrogen (secondary N) is 1. The first-order chi connectivity index (χ1) is 15.0. The highest BCUT2D eigenvalue weighted by Crippen LogP contribution is 2.22. The van der Waals surface area contributed by atoms with E-state index in [-0.39, 0.29) is 11.8 Å². The van der Waals surface area contributed by atoms with Crippen LogP contribution < -0.4 is 5.32 Å². The Labute approximate surface area is 189 Å². The molecule has 31 heavy (non-hydrogen) atoms. The van der Waals surface area contributed by atoms with Gasteiger partial charge in [-0.15, -0.1) is 0 Å². The van der Waals surface area contributed by atoms with Crippen LogP contribution in [0, 0.1) is 6.92 Å². The quantitative estimate of drug-likeness (QED) is 0.595. The van der Waals surface area contributed by atoms with Crippen LogP contribution in [0.1, 0.15) is 32.2 Å². The number of hydrogen-bond donors (Lipinski definition) is 1. The lowest BCUT2D eigenvalue weighted by molar-refractivity contribution is 0.0618. The number of hydrogen-bond acceptors (Lipinski definition) is 5. The number of rotatable bonds is 5. The third-order valence-electron chi connectivity index (χ3n) is 5.24. The van der Waals surface area contributed by atoms with Crippen molar-refractivity contribution in [3.63, 3.8) is 0 Å². The van der Waals surface area contributed by atoms with Crippen LogP contribution in [-0.4, -0.2) is 52.9 Å². The molecule has 2 aromatic carbocycles. The summed E-state index contributed by atoms with van der Waals surface area (Å²) in [6.45, 7) is 5.29. The molecule has 4 rings (SSSR count). The molecule has 0 spiro atoms. The fourth-order valence-electron chi connectivity index (χ4n) is 3.60. The number of amides is 2. The van der Waals surface area contributed by atoms with Gasteiger partial charge in [0.25, 0.3) is 11.8 Å². The lowest BCUT2D eigenvalue weighted by Gasteiger charge is -2.34. The predicted molar refractivity (Wildman–Crippen MR) is 121 cm³/mol. The summed E-state index contributed by atoms with van der Waals surface area (Å²) in [6, 6.07) is 16.3. The summed E-state index contributed by atoms with van der Waals surface area (Å²) in [5.41, 5.74) is 2.38. The zero-order chi connectivity index (χ0) is 21.8. The van der Waals surface area contributed by atoms with Crippen LogP contribution >= 0.6 is 15.9 Å². The number of carbonyl (C=O) groups is 2. The van der Waals surface area contributed by atoms with Gasteiger partial charge < -0.3 is 14.7 Å². The van der Waals surface area contributed by atoms with Gasteiger partial charge in [0.05, 0.1) is 29.1 Å². The van der Waals surface area contributed by atoms with Gasteiger partial charge in [0, 0.05) is 36.7 Å². The first-order valence-electron chi connectivity index (χ1n) is 10.1. The van der Waals surface area contributed by atoms with Crippen molar-refractivity contribution in [2.75, 3.05) is 31.5 Å². The Balaban J connectivity index is 1.41. The maximum atomic E-state index is 13.2. The second-order valence-corrected chi connectivity index (χ2v) is 8.34. The van der Waals surface area contributed by atoms with Crippen molar-refractivity contribution in [1.82, 2.24) is 15.0 Å². The zero-order valence-corrected chi connectivity index (χ0v) is 18.8. The molecule has 3 aromatic rings. The zero-order valence-electron chi connectivity index (χ0n) is 17.2. The highest BCUT2D eigenvalue weighted by atomic mass is 79.9. The number of aryl methyl sites for hydroxylation is 1. The van der Waals surface area contributed by atoms with Crippen molar-refractivity contribution < 1.29 is 14.1 Å². The standard InChI is InChI=1S/C23H23BrN4O3/c1-16-14-17(31-26-16)15-27-10-12-28(13-11-27)23(30)19-7-3-5-9-21(19)25-22(29)18-6-2-4-8-20(18)24/h2-9,14H,10-13,15H2,1H3,(H,25,29). The van der Waals surface area contributed by atoms with Crippen LogP contribution in [-0.2, 0) is 6.54 Å². The van der Waals surface area contributed by atoms with Gasteiger partial charge in [-0.3, -0.25) is 14.5 Å². The number of benzene rings is 2. The van der Waals surface area contributed by atoms with E-state index in [0.29, 0.717) is 40.9 Å². The molecule has 1 fully saturated rings. The van der Waals surface area contributed by atoms with E-state index in [1.165, 1.54) is 0 Å². The summed E-state index contributed by atoms with van der Waals surface area (Å²) >= 11 is 3.40. The van der Waals surface area contributed by atoms with E-state index in [1.807, 2.05) is 42.2 Å². The van der Waals surface area contributed by atoms with Crippen molar-refractivity contribution in [2.24, 2.45) is 0 Å². The Hall–Kier alpha value is -2.97.